The highest BCUT2D eigenvalue weighted by molar-refractivity contribution is 5.38. The van der Waals surface area contributed by atoms with E-state index in [-0.39, 0.29) is 5.82 Å². The largest absolute Gasteiger partial charge is 0.390 e. The van der Waals surface area contributed by atoms with Crippen molar-refractivity contribution < 1.29 is 4.92 Å². The number of nitrogens with zero attached hydrogens (tertiary/aromatic N) is 3. The molecule has 0 spiro atoms. The average Bonchev–Trinajstić information content (AvgIpc) is 2.77. The summed E-state index contributed by atoms with van der Waals surface area (Å²) in [7, 11) is 0. The molecular weight excluding hydrogens is 232 g/mol. The van der Waals surface area contributed by atoms with Crippen LogP contribution in [0.2, 0.25) is 0 Å². The average molecular weight is 246 g/mol. The summed E-state index contributed by atoms with van der Waals surface area (Å²) < 4.78 is 1.47. The van der Waals surface area contributed by atoms with E-state index in [2.05, 4.69) is 5.10 Å². The van der Waals surface area contributed by atoms with Crippen molar-refractivity contribution in [1.82, 2.24) is 9.78 Å². The minimum atomic E-state index is -0.521. The Labute approximate surface area is 104 Å². The van der Waals surface area contributed by atoms with E-state index >= 15 is 0 Å². The third-order valence-electron chi connectivity index (χ3n) is 2.62. The molecule has 6 heteroatoms. The number of nitrogens with two attached hydrogens (primary N) is 1. The zero-order chi connectivity index (χ0) is 13.3. The van der Waals surface area contributed by atoms with E-state index in [1.807, 2.05) is 38.1 Å². The van der Waals surface area contributed by atoms with Gasteiger partial charge in [0.2, 0.25) is 0 Å². The molecule has 0 amide bonds. The van der Waals surface area contributed by atoms with Gasteiger partial charge in [0.15, 0.2) is 0 Å². The van der Waals surface area contributed by atoms with Crippen LogP contribution in [0.1, 0.15) is 19.4 Å². The number of aromatic nitrogens is 2. The summed E-state index contributed by atoms with van der Waals surface area (Å²) in [6, 6.07) is 8.83. The molecule has 0 saturated carbocycles. The van der Waals surface area contributed by atoms with Gasteiger partial charge in [-0.3, -0.25) is 0 Å². The third-order valence-corrected chi connectivity index (χ3v) is 2.62. The van der Waals surface area contributed by atoms with E-state index in [9.17, 15) is 10.1 Å². The molecule has 0 aliphatic carbocycles. The summed E-state index contributed by atoms with van der Waals surface area (Å²) in [5.74, 6) is -0.174. The van der Waals surface area contributed by atoms with E-state index in [1.54, 1.807) is 6.20 Å². The molecule has 0 radical (unpaired) electrons. The Kier molecular flexibility index (Phi) is 2.88. The van der Waals surface area contributed by atoms with Crippen LogP contribution in [-0.2, 0) is 5.54 Å². The lowest BCUT2D eigenvalue weighted by atomic mass is 9.95. The zero-order valence-corrected chi connectivity index (χ0v) is 10.2. The Morgan fingerprint density at radius 3 is 2.67 bits per heavy atom. The summed E-state index contributed by atoms with van der Waals surface area (Å²) in [5, 5.41) is 14.5. The van der Waals surface area contributed by atoms with Gasteiger partial charge in [-0.1, -0.05) is 12.1 Å². The molecule has 0 saturated heterocycles. The van der Waals surface area contributed by atoms with Gasteiger partial charge >= 0.3 is 5.82 Å². The molecule has 1 heterocycles. The predicted octanol–water partition coefficient (Wildman–Crippen LogP) is 1.97. The number of benzene rings is 1. The summed E-state index contributed by atoms with van der Waals surface area (Å²) in [6.07, 6.45) is 1.56. The van der Waals surface area contributed by atoms with Crippen molar-refractivity contribution in [3.05, 3.63) is 52.2 Å². The lowest BCUT2D eigenvalue weighted by molar-refractivity contribution is -0.389. The van der Waals surface area contributed by atoms with Gasteiger partial charge in [0.25, 0.3) is 0 Å². The Morgan fingerprint density at radius 2 is 2.11 bits per heavy atom. The minimum absolute atomic E-state index is 0.174. The van der Waals surface area contributed by atoms with Gasteiger partial charge < -0.3 is 15.8 Å². The Balaban J connectivity index is 2.41. The molecule has 0 aliphatic rings. The molecule has 94 valence electrons. The molecule has 0 bridgehead atoms. The summed E-state index contributed by atoms with van der Waals surface area (Å²) in [5.41, 5.74) is 7.25. The van der Waals surface area contributed by atoms with E-state index in [1.165, 1.54) is 10.7 Å². The van der Waals surface area contributed by atoms with Gasteiger partial charge in [0.1, 0.15) is 0 Å². The monoisotopic (exact) mass is 246 g/mol. The lowest BCUT2D eigenvalue weighted by Crippen LogP contribution is -2.28. The van der Waals surface area contributed by atoms with Crippen LogP contribution in [0.5, 0.6) is 0 Å². The maximum absolute atomic E-state index is 10.6. The zero-order valence-electron chi connectivity index (χ0n) is 10.2. The highest BCUT2D eigenvalue weighted by Gasteiger charge is 2.16. The smallest absolute Gasteiger partial charge is 0.358 e. The molecule has 2 N–H and O–H groups in total. The first kappa shape index (κ1) is 12.3. The van der Waals surface area contributed by atoms with Crippen LogP contribution in [0.15, 0.2) is 36.5 Å². The van der Waals surface area contributed by atoms with Crippen molar-refractivity contribution in [1.29, 1.82) is 0 Å². The second-order valence-corrected chi connectivity index (χ2v) is 4.65. The molecule has 6 nitrogen and oxygen atoms in total. The van der Waals surface area contributed by atoms with Gasteiger partial charge in [-0.25, -0.2) is 0 Å². The van der Waals surface area contributed by atoms with Gasteiger partial charge in [-0.05, 0) is 36.5 Å². The molecule has 0 fully saturated rings. The lowest BCUT2D eigenvalue weighted by Gasteiger charge is -2.19. The molecule has 2 aromatic rings. The summed E-state index contributed by atoms with van der Waals surface area (Å²) in [4.78, 5) is 10.1. The maximum atomic E-state index is 10.6. The standard InChI is InChI=1S/C12H14N4O2/c1-12(2,13)9-4-3-5-10(8-9)15-7-6-11(14-15)16(17)18/h3-8H,13H2,1-2H3. The van der Waals surface area contributed by atoms with Crippen molar-refractivity contribution in [2.75, 3.05) is 0 Å². The van der Waals surface area contributed by atoms with Crippen LogP contribution in [0.4, 0.5) is 5.82 Å². The molecule has 1 aromatic carbocycles. The predicted molar refractivity (Wildman–Crippen MR) is 67.4 cm³/mol. The van der Waals surface area contributed by atoms with Crippen LogP contribution < -0.4 is 5.73 Å². The van der Waals surface area contributed by atoms with E-state index in [0.717, 1.165) is 11.3 Å². The highest BCUT2D eigenvalue weighted by atomic mass is 16.6. The normalized spacial score (nSPS) is 11.5. The molecule has 0 aliphatic heterocycles. The van der Waals surface area contributed by atoms with Gasteiger partial charge in [0, 0.05) is 5.54 Å². The van der Waals surface area contributed by atoms with Crippen LogP contribution in [-0.4, -0.2) is 14.7 Å². The van der Waals surface area contributed by atoms with Crippen molar-refractivity contribution in [3.63, 3.8) is 0 Å². The number of hydrogen-bond donors (Lipinski definition) is 1. The molecule has 1 aromatic heterocycles. The Morgan fingerprint density at radius 1 is 1.39 bits per heavy atom. The SMILES string of the molecule is CC(C)(N)c1cccc(-n2ccc([N+](=O)[O-])n2)c1. The van der Waals surface area contributed by atoms with Crippen LogP contribution >= 0.6 is 0 Å². The van der Waals surface area contributed by atoms with Crippen molar-refractivity contribution >= 4 is 5.82 Å². The second-order valence-electron chi connectivity index (χ2n) is 4.65. The van der Waals surface area contributed by atoms with Crippen LogP contribution in [0.25, 0.3) is 5.69 Å². The van der Waals surface area contributed by atoms with E-state index in [0.29, 0.717) is 0 Å². The Hall–Kier alpha value is -2.21. The van der Waals surface area contributed by atoms with E-state index < -0.39 is 10.5 Å². The second kappa shape index (κ2) is 4.23. The fraction of sp³-hybridized carbons (Fsp3) is 0.250. The fourth-order valence-corrected chi connectivity index (χ4v) is 1.60. The first-order valence-corrected chi connectivity index (χ1v) is 5.48. The van der Waals surface area contributed by atoms with Gasteiger partial charge in [-0.15, -0.1) is 4.68 Å². The fourth-order valence-electron chi connectivity index (χ4n) is 1.60. The minimum Gasteiger partial charge on any atom is -0.358 e. The van der Waals surface area contributed by atoms with Crippen molar-refractivity contribution in [3.8, 4) is 5.69 Å². The van der Waals surface area contributed by atoms with Gasteiger partial charge in [-0.2, -0.15) is 0 Å². The first-order valence-electron chi connectivity index (χ1n) is 5.48. The summed E-state index contributed by atoms with van der Waals surface area (Å²) in [6.45, 7) is 3.80. The van der Waals surface area contributed by atoms with Crippen LogP contribution in [0.3, 0.4) is 0 Å². The Bertz CT molecular complexity index is 584. The van der Waals surface area contributed by atoms with Gasteiger partial charge in [0.05, 0.1) is 23.0 Å². The molecule has 0 unspecified atom stereocenters. The highest BCUT2D eigenvalue weighted by Crippen LogP contribution is 2.20. The topological polar surface area (TPSA) is 87.0 Å². The first-order chi connectivity index (χ1) is 8.38. The van der Waals surface area contributed by atoms with E-state index in [4.69, 9.17) is 5.73 Å². The number of rotatable bonds is 3. The van der Waals surface area contributed by atoms with Crippen molar-refractivity contribution in [2.45, 2.75) is 19.4 Å². The number of hydrogen-bond acceptors (Lipinski definition) is 4. The molecule has 0 atom stereocenters. The molecular formula is C12H14N4O2. The molecule has 18 heavy (non-hydrogen) atoms. The quantitative estimate of drug-likeness (QED) is 0.662. The van der Waals surface area contributed by atoms with Crippen molar-refractivity contribution in [2.24, 2.45) is 5.73 Å². The molecule has 2 rings (SSSR count). The number of nitro groups is 1. The van der Waals surface area contributed by atoms with Crippen LogP contribution in [0, 0.1) is 10.1 Å². The summed E-state index contributed by atoms with van der Waals surface area (Å²) >= 11 is 0. The third kappa shape index (κ3) is 2.38. The maximum Gasteiger partial charge on any atom is 0.390 e.